The topological polar surface area (TPSA) is 98.5 Å². The van der Waals surface area contributed by atoms with Crippen LogP contribution in [0.2, 0.25) is 0 Å². The third-order valence-electron chi connectivity index (χ3n) is 3.30. The number of nitrogens with one attached hydrogen (secondary N) is 1. The molecule has 2 rings (SSSR count). The van der Waals surface area contributed by atoms with Crippen molar-refractivity contribution in [2.24, 2.45) is 5.92 Å². The van der Waals surface area contributed by atoms with Gasteiger partial charge in [0.2, 0.25) is 10.0 Å². The first-order valence-corrected chi connectivity index (χ1v) is 7.55. The molecule has 0 radical (unpaired) electrons. The van der Waals surface area contributed by atoms with E-state index in [0.29, 0.717) is 25.0 Å². The van der Waals surface area contributed by atoms with E-state index < -0.39 is 27.2 Å². The van der Waals surface area contributed by atoms with Gasteiger partial charge in [-0.25, -0.2) is 13.1 Å². The number of hydrogen-bond donors (Lipinski definition) is 1. The molecule has 1 heterocycles. The van der Waals surface area contributed by atoms with Gasteiger partial charge in [0.15, 0.2) is 0 Å². The Morgan fingerprint density at radius 1 is 1.58 bits per heavy atom. The van der Waals surface area contributed by atoms with Gasteiger partial charge >= 0.3 is 5.97 Å². The van der Waals surface area contributed by atoms with E-state index in [0.717, 1.165) is 0 Å². The monoisotopic (exact) mass is 288 g/mol. The Bertz CT molecular complexity index is 525. The van der Waals surface area contributed by atoms with Crippen LogP contribution in [0.3, 0.4) is 0 Å². The van der Waals surface area contributed by atoms with E-state index in [9.17, 15) is 13.2 Å². The predicted octanol–water partition coefficient (Wildman–Crippen LogP) is 0.436. The molecule has 2 unspecified atom stereocenters. The molecule has 0 bridgehead atoms. The molecule has 0 amide bonds. The number of hydrogen-bond acceptors (Lipinski definition) is 6. The van der Waals surface area contributed by atoms with Crippen LogP contribution in [0.15, 0.2) is 16.9 Å². The summed E-state index contributed by atoms with van der Waals surface area (Å²) in [5, 5.41) is 2.89. The van der Waals surface area contributed by atoms with Crippen LogP contribution in [0.4, 0.5) is 0 Å². The zero-order valence-corrected chi connectivity index (χ0v) is 11.4. The molecule has 2 atom stereocenters. The van der Waals surface area contributed by atoms with Crippen LogP contribution < -0.4 is 4.72 Å². The Balaban J connectivity index is 2.04. The molecule has 1 aliphatic rings. The molecular formula is C11H16N2O5S. The maximum absolute atomic E-state index is 12.2. The van der Waals surface area contributed by atoms with Crippen molar-refractivity contribution in [1.82, 2.24) is 9.88 Å². The van der Waals surface area contributed by atoms with Crippen molar-refractivity contribution >= 4 is 16.0 Å². The second kappa shape index (κ2) is 5.70. The van der Waals surface area contributed by atoms with Crippen LogP contribution in [0.5, 0.6) is 0 Å². The molecule has 1 N–H and O–H groups in total. The minimum atomic E-state index is -3.57. The number of carbonyl (C=O) groups excluding carboxylic acids is 1. The van der Waals surface area contributed by atoms with Crippen molar-refractivity contribution in [2.45, 2.75) is 31.1 Å². The summed E-state index contributed by atoms with van der Waals surface area (Å²) in [6, 6.07) is 1.58. The number of nitrogens with zero attached hydrogens (tertiary/aromatic N) is 1. The maximum Gasteiger partial charge on any atom is 0.310 e. The van der Waals surface area contributed by atoms with Crippen molar-refractivity contribution in [3.8, 4) is 0 Å². The Morgan fingerprint density at radius 2 is 2.37 bits per heavy atom. The van der Waals surface area contributed by atoms with Gasteiger partial charge in [0.1, 0.15) is 6.26 Å². The molecule has 0 spiro atoms. The van der Waals surface area contributed by atoms with Gasteiger partial charge in [-0.05, 0) is 12.8 Å². The molecule has 0 aliphatic heterocycles. The Kier molecular flexibility index (Phi) is 4.20. The van der Waals surface area contributed by atoms with Gasteiger partial charge in [-0.15, -0.1) is 0 Å². The van der Waals surface area contributed by atoms with Crippen LogP contribution in [-0.4, -0.2) is 31.9 Å². The van der Waals surface area contributed by atoms with Crippen LogP contribution in [0.25, 0.3) is 0 Å². The summed E-state index contributed by atoms with van der Waals surface area (Å²) < 4.78 is 36.1. The fourth-order valence-corrected chi connectivity index (χ4v) is 4.05. The van der Waals surface area contributed by atoms with Crippen LogP contribution >= 0.6 is 0 Å². The van der Waals surface area contributed by atoms with Crippen LogP contribution in [-0.2, 0) is 26.1 Å². The Labute approximate surface area is 111 Å². The highest BCUT2D eigenvalue weighted by Gasteiger charge is 2.42. The molecule has 1 aliphatic carbocycles. The zero-order valence-electron chi connectivity index (χ0n) is 10.5. The lowest BCUT2D eigenvalue weighted by Crippen LogP contribution is -2.39. The van der Waals surface area contributed by atoms with Crippen LogP contribution in [0, 0.1) is 5.92 Å². The number of ether oxygens (including phenoxy) is 1. The van der Waals surface area contributed by atoms with Gasteiger partial charge in [-0.2, -0.15) is 0 Å². The first-order chi connectivity index (χ1) is 9.04. The molecule has 8 heteroatoms. The quantitative estimate of drug-likeness (QED) is 0.789. The van der Waals surface area contributed by atoms with Gasteiger partial charge in [-0.1, -0.05) is 11.6 Å². The van der Waals surface area contributed by atoms with Crippen molar-refractivity contribution in [3.05, 3.63) is 18.0 Å². The number of carbonyl (C=O) groups is 1. The summed E-state index contributed by atoms with van der Waals surface area (Å²) in [7, 11) is -2.30. The second-order valence-electron chi connectivity index (χ2n) is 4.46. The Morgan fingerprint density at radius 3 is 3.00 bits per heavy atom. The lowest BCUT2D eigenvalue weighted by Gasteiger charge is -2.18. The first-order valence-electron chi connectivity index (χ1n) is 6.00. The molecule has 0 saturated heterocycles. The highest BCUT2D eigenvalue weighted by molar-refractivity contribution is 7.90. The number of rotatable bonds is 5. The Hall–Kier alpha value is -1.41. The summed E-state index contributed by atoms with van der Waals surface area (Å²) in [5.74, 6) is -1.05. The maximum atomic E-state index is 12.2. The average molecular weight is 288 g/mol. The normalized spacial score (nSPS) is 23.4. The summed E-state index contributed by atoms with van der Waals surface area (Å²) in [6.45, 7) is 0.0588. The fraction of sp³-hybridized carbons (Fsp3) is 0.636. The first kappa shape index (κ1) is 14.0. The number of methoxy groups -OCH3 is 1. The fourth-order valence-electron chi connectivity index (χ4n) is 2.33. The van der Waals surface area contributed by atoms with E-state index in [2.05, 4.69) is 19.1 Å². The van der Waals surface area contributed by atoms with E-state index in [4.69, 9.17) is 0 Å². The number of esters is 1. The van der Waals surface area contributed by atoms with E-state index in [-0.39, 0.29) is 6.54 Å². The standard InChI is InChI=1S/C11H16N2O5S/c1-17-11(14)9-3-2-4-10(9)19(15,16)12-7-8-5-6-18-13-8/h5-6,9-10,12H,2-4,7H2,1H3. The third kappa shape index (κ3) is 3.13. The molecule has 1 saturated carbocycles. The molecular weight excluding hydrogens is 272 g/mol. The van der Waals surface area contributed by atoms with Gasteiger partial charge in [0.25, 0.3) is 0 Å². The SMILES string of the molecule is COC(=O)C1CCCC1S(=O)(=O)NCc1ccon1. The molecule has 1 aromatic rings. The highest BCUT2D eigenvalue weighted by atomic mass is 32.2. The summed E-state index contributed by atoms with van der Waals surface area (Å²) in [6.07, 6.45) is 3.09. The molecule has 1 aromatic heterocycles. The van der Waals surface area contributed by atoms with Crippen molar-refractivity contribution in [1.29, 1.82) is 0 Å². The molecule has 7 nitrogen and oxygen atoms in total. The smallest absolute Gasteiger partial charge is 0.310 e. The predicted molar refractivity (Wildman–Crippen MR) is 65.4 cm³/mol. The van der Waals surface area contributed by atoms with Crippen molar-refractivity contribution in [3.63, 3.8) is 0 Å². The molecule has 0 aromatic carbocycles. The average Bonchev–Trinajstić information content (AvgIpc) is 3.06. The van der Waals surface area contributed by atoms with Gasteiger partial charge in [-0.3, -0.25) is 4.79 Å². The van der Waals surface area contributed by atoms with Gasteiger partial charge < -0.3 is 9.26 Å². The third-order valence-corrected chi connectivity index (χ3v) is 5.21. The highest BCUT2D eigenvalue weighted by Crippen LogP contribution is 2.31. The number of sulfonamides is 1. The van der Waals surface area contributed by atoms with E-state index in [1.165, 1.54) is 13.4 Å². The number of aromatic nitrogens is 1. The zero-order chi connectivity index (χ0) is 13.9. The van der Waals surface area contributed by atoms with Crippen molar-refractivity contribution in [2.75, 3.05) is 7.11 Å². The minimum Gasteiger partial charge on any atom is -0.469 e. The van der Waals surface area contributed by atoms with Gasteiger partial charge in [0.05, 0.1) is 30.5 Å². The van der Waals surface area contributed by atoms with E-state index in [1.54, 1.807) is 6.07 Å². The molecule has 106 valence electrons. The van der Waals surface area contributed by atoms with Crippen LogP contribution in [0.1, 0.15) is 25.0 Å². The molecule has 1 fully saturated rings. The van der Waals surface area contributed by atoms with E-state index in [1.807, 2.05) is 0 Å². The summed E-state index contributed by atoms with van der Waals surface area (Å²) >= 11 is 0. The summed E-state index contributed by atoms with van der Waals surface area (Å²) in [4.78, 5) is 11.6. The second-order valence-corrected chi connectivity index (χ2v) is 6.44. The van der Waals surface area contributed by atoms with E-state index >= 15 is 0 Å². The lowest BCUT2D eigenvalue weighted by molar-refractivity contribution is -0.145. The van der Waals surface area contributed by atoms with Crippen molar-refractivity contribution < 1.29 is 22.5 Å². The lowest BCUT2D eigenvalue weighted by atomic mass is 10.1. The minimum absolute atomic E-state index is 0.0588. The molecule has 19 heavy (non-hydrogen) atoms. The van der Waals surface area contributed by atoms with Gasteiger partial charge in [0, 0.05) is 6.07 Å². The summed E-state index contributed by atoms with van der Waals surface area (Å²) in [5.41, 5.74) is 0.496. The largest absolute Gasteiger partial charge is 0.469 e.